The summed E-state index contributed by atoms with van der Waals surface area (Å²) in [4.78, 5) is 12.6. The summed E-state index contributed by atoms with van der Waals surface area (Å²) in [5.74, 6) is 0.436. The highest BCUT2D eigenvalue weighted by Crippen LogP contribution is 2.32. The van der Waals surface area contributed by atoms with Gasteiger partial charge in [-0.1, -0.05) is 12.1 Å². The molecule has 3 aromatic heterocycles. The number of rotatable bonds is 3. The molecule has 136 valence electrons. The van der Waals surface area contributed by atoms with E-state index >= 15 is 0 Å². The number of methoxy groups -OCH3 is 1. The molecular formula is C18H12F3N5O. The van der Waals surface area contributed by atoms with Crippen molar-refractivity contribution >= 4 is 11.0 Å². The number of ether oxygens (including phenoxy) is 1. The second-order valence-corrected chi connectivity index (χ2v) is 5.65. The van der Waals surface area contributed by atoms with Crippen molar-refractivity contribution in [2.45, 2.75) is 6.18 Å². The third kappa shape index (κ3) is 3.19. The summed E-state index contributed by atoms with van der Waals surface area (Å²) in [5.41, 5.74) is 0.498. The number of alkyl halides is 3. The lowest BCUT2D eigenvalue weighted by atomic mass is 10.1. The standard InChI is InChI=1S/C18H12F3N5O/c1-27-17-22-8-7-15(25-17)26-16-12(10-23-26)5-6-14(24-16)11-3-2-4-13(9-11)18(19,20)21/h2-10H,1H3. The van der Waals surface area contributed by atoms with E-state index in [2.05, 4.69) is 20.1 Å². The van der Waals surface area contributed by atoms with Crippen LogP contribution >= 0.6 is 0 Å². The molecule has 27 heavy (non-hydrogen) atoms. The average Bonchev–Trinajstić information content (AvgIpc) is 3.10. The Labute approximate surface area is 151 Å². The number of hydrogen-bond acceptors (Lipinski definition) is 5. The zero-order chi connectivity index (χ0) is 19.0. The number of nitrogens with zero attached hydrogens (tertiary/aromatic N) is 5. The predicted molar refractivity (Wildman–Crippen MR) is 91.4 cm³/mol. The third-order valence-corrected chi connectivity index (χ3v) is 3.92. The van der Waals surface area contributed by atoms with Crippen molar-refractivity contribution in [3.05, 3.63) is 60.4 Å². The van der Waals surface area contributed by atoms with E-state index in [4.69, 9.17) is 4.74 Å². The van der Waals surface area contributed by atoms with Crippen molar-refractivity contribution in [2.75, 3.05) is 7.11 Å². The predicted octanol–water partition coefficient (Wildman–Crippen LogP) is 3.90. The monoisotopic (exact) mass is 371 g/mol. The zero-order valence-corrected chi connectivity index (χ0v) is 14.0. The number of pyridine rings is 1. The van der Waals surface area contributed by atoms with E-state index in [0.29, 0.717) is 22.7 Å². The second-order valence-electron chi connectivity index (χ2n) is 5.65. The molecule has 0 radical (unpaired) electrons. The van der Waals surface area contributed by atoms with Crippen LogP contribution in [0.1, 0.15) is 5.56 Å². The lowest BCUT2D eigenvalue weighted by molar-refractivity contribution is -0.137. The van der Waals surface area contributed by atoms with Crippen LogP contribution in [0.4, 0.5) is 13.2 Å². The fourth-order valence-corrected chi connectivity index (χ4v) is 2.64. The van der Waals surface area contributed by atoms with Crippen LogP contribution < -0.4 is 4.74 Å². The Bertz CT molecular complexity index is 1120. The van der Waals surface area contributed by atoms with Crippen molar-refractivity contribution in [1.29, 1.82) is 0 Å². The molecule has 0 aliphatic heterocycles. The largest absolute Gasteiger partial charge is 0.467 e. The highest BCUT2D eigenvalue weighted by atomic mass is 19.4. The van der Waals surface area contributed by atoms with E-state index in [0.717, 1.165) is 17.5 Å². The van der Waals surface area contributed by atoms with Gasteiger partial charge in [0.2, 0.25) is 0 Å². The Morgan fingerprint density at radius 1 is 1.04 bits per heavy atom. The molecule has 0 amide bonds. The van der Waals surface area contributed by atoms with Gasteiger partial charge in [-0.2, -0.15) is 27.9 Å². The molecule has 4 aromatic rings. The van der Waals surface area contributed by atoms with Crippen LogP contribution in [0.2, 0.25) is 0 Å². The normalized spacial score (nSPS) is 11.7. The van der Waals surface area contributed by atoms with Crippen LogP contribution in [0.5, 0.6) is 6.01 Å². The minimum absolute atomic E-state index is 0.171. The first kappa shape index (κ1) is 17.0. The van der Waals surface area contributed by atoms with E-state index in [1.165, 1.54) is 24.1 Å². The molecule has 0 aliphatic rings. The minimum Gasteiger partial charge on any atom is -0.467 e. The Morgan fingerprint density at radius 2 is 1.89 bits per heavy atom. The van der Waals surface area contributed by atoms with Crippen LogP contribution in [0, 0.1) is 0 Å². The number of fused-ring (bicyclic) bond motifs is 1. The minimum atomic E-state index is -4.42. The average molecular weight is 371 g/mol. The zero-order valence-electron chi connectivity index (χ0n) is 14.0. The maximum absolute atomic E-state index is 13.0. The van der Waals surface area contributed by atoms with Crippen LogP contribution in [0.15, 0.2) is 54.9 Å². The van der Waals surface area contributed by atoms with Crippen LogP contribution in [-0.4, -0.2) is 31.8 Å². The number of halogens is 3. The molecule has 0 unspecified atom stereocenters. The Hall–Kier alpha value is -3.49. The van der Waals surface area contributed by atoms with Gasteiger partial charge in [0.05, 0.1) is 24.6 Å². The van der Waals surface area contributed by atoms with E-state index in [1.807, 2.05) is 0 Å². The Morgan fingerprint density at radius 3 is 2.67 bits per heavy atom. The summed E-state index contributed by atoms with van der Waals surface area (Å²) in [6.07, 6.45) is -1.29. The lowest BCUT2D eigenvalue weighted by Crippen LogP contribution is -2.05. The molecule has 6 nitrogen and oxygen atoms in total. The van der Waals surface area contributed by atoms with Gasteiger partial charge < -0.3 is 4.74 Å². The molecule has 0 saturated carbocycles. The van der Waals surface area contributed by atoms with Gasteiger partial charge in [0.15, 0.2) is 11.5 Å². The molecule has 9 heteroatoms. The van der Waals surface area contributed by atoms with E-state index in [9.17, 15) is 13.2 Å². The molecule has 0 aliphatic carbocycles. The summed E-state index contributed by atoms with van der Waals surface area (Å²) < 4.78 is 45.4. The van der Waals surface area contributed by atoms with Crippen molar-refractivity contribution in [3.8, 4) is 23.1 Å². The van der Waals surface area contributed by atoms with Crippen LogP contribution in [0.25, 0.3) is 28.1 Å². The fraction of sp³-hybridized carbons (Fsp3) is 0.111. The first-order valence-corrected chi connectivity index (χ1v) is 7.85. The van der Waals surface area contributed by atoms with Gasteiger partial charge in [0.1, 0.15) is 0 Å². The molecular weight excluding hydrogens is 359 g/mol. The molecule has 1 aromatic carbocycles. The second kappa shape index (κ2) is 6.35. The maximum Gasteiger partial charge on any atom is 0.416 e. The van der Waals surface area contributed by atoms with Crippen LogP contribution in [0.3, 0.4) is 0 Å². The molecule has 0 atom stereocenters. The Balaban J connectivity index is 1.83. The molecule has 0 N–H and O–H groups in total. The van der Waals surface area contributed by atoms with Crippen molar-refractivity contribution < 1.29 is 17.9 Å². The van der Waals surface area contributed by atoms with Crippen molar-refractivity contribution in [1.82, 2.24) is 24.7 Å². The van der Waals surface area contributed by atoms with Gasteiger partial charge in [-0.15, -0.1) is 0 Å². The molecule has 0 spiro atoms. The van der Waals surface area contributed by atoms with Gasteiger partial charge in [-0.25, -0.2) is 9.97 Å². The molecule has 0 bridgehead atoms. The van der Waals surface area contributed by atoms with E-state index < -0.39 is 11.7 Å². The first-order valence-electron chi connectivity index (χ1n) is 7.85. The number of hydrogen-bond donors (Lipinski definition) is 0. The lowest BCUT2D eigenvalue weighted by Gasteiger charge is -2.09. The fourth-order valence-electron chi connectivity index (χ4n) is 2.64. The van der Waals surface area contributed by atoms with Gasteiger partial charge in [0, 0.05) is 23.2 Å². The number of aromatic nitrogens is 5. The summed E-state index contributed by atoms with van der Waals surface area (Å²) in [6, 6.07) is 10.2. The highest BCUT2D eigenvalue weighted by Gasteiger charge is 2.30. The quantitative estimate of drug-likeness (QED) is 0.546. The van der Waals surface area contributed by atoms with E-state index in [-0.39, 0.29) is 6.01 Å². The van der Waals surface area contributed by atoms with E-state index in [1.54, 1.807) is 30.5 Å². The molecule has 0 saturated heterocycles. The summed E-state index contributed by atoms with van der Waals surface area (Å²) >= 11 is 0. The van der Waals surface area contributed by atoms with Gasteiger partial charge in [-0.3, -0.25) is 0 Å². The van der Waals surface area contributed by atoms with Crippen LogP contribution in [-0.2, 0) is 6.18 Å². The van der Waals surface area contributed by atoms with Crippen molar-refractivity contribution in [2.24, 2.45) is 0 Å². The molecule has 0 fully saturated rings. The summed E-state index contributed by atoms with van der Waals surface area (Å²) in [5, 5.41) is 4.99. The molecule has 4 rings (SSSR count). The summed E-state index contributed by atoms with van der Waals surface area (Å²) in [7, 11) is 1.45. The van der Waals surface area contributed by atoms with Gasteiger partial charge in [-0.05, 0) is 24.3 Å². The Kier molecular flexibility index (Phi) is 3.98. The SMILES string of the molecule is COc1nccc(-n2ncc3ccc(-c4cccc(C(F)(F)F)c4)nc32)n1. The van der Waals surface area contributed by atoms with Gasteiger partial charge in [0.25, 0.3) is 0 Å². The third-order valence-electron chi connectivity index (χ3n) is 3.92. The topological polar surface area (TPSA) is 65.7 Å². The smallest absolute Gasteiger partial charge is 0.416 e. The van der Waals surface area contributed by atoms with Crippen molar-refractivity contribution in [3.63, 3.8) is 0 Å². The first-order chi connectivity index (χ1) is 13.0. The molecule has 3 heterocycles. The number of benzene rings is 1. The highest BCUT2D eigenvalue weighted by molar-refractivity contribution is 5.79. The van der Waals surface area contributed by atoms with Gasteiger partial charge >= 0.3 is 12.2 Å². The maximum atomic E-state index is 13.0. The summed E-state index contributed by atoms with van der Waals surface area (Å²) in [6.45, 7) is 0.